The van der Waals surface area contributed by atoms with Crippen LogP contribution in [0.3, 0.4) is 0 Å². The molecule has 0 unspecified atom stereocenters. The second kappa shape index (κ2) is 6.43. The van der Waals surface area contributed by atoms with E-state index < -0.39 is 6.36 Å². The normalized spacial score (nSPS) is 17.7. The SMILES string of the molecule is COC1(CN=C(N)Nc2ccccc2OC(F)(F)F)CCC1. The number of nitrogens with two attached hydrogens (primary N) is 1. The number of rotatable bonds is 5. The lowest BCUT2D eigenvalue weighted by molar-refractivity contribution is -0.274. The molecule has 0 bridgehead atoms. The molecule has 2 rings (SSSR count). The Hall–Kier alpha value is -1.96. The van der Waals surface area contributed by atoms with Crippen molar-refractivity contribution in [3.05, 3.63) is 24.3 Å². The van der Waals surface area contributed by atoms with Crippen molar-refractivity contribution in [2.45, 2.75) is 31.2 Å². The summed E-state index contributed by atoms with van der Waals surface area (Å²) in [4.78, 5) is 4.14. The first-order chi connectivity index (χ1) is 10.3. The third-order valence-corrected chi connectivity index (χ3v) is 3.61. The van der Waals surface area contributed by atoms with Crippen molar-refractivity contribution in [3.8, 4) is 5.75 Å². The van der Waals surface area contributed by atoms with Crippen molar-refractivity contribution >= 4 is 11.6 Å². The highest BCUT2D eigenvalue weighted by Gasteiger charge is 2.36. The average Bonchev–Trinajstić information content (AvgIpc) is 2.39. The maximum Gasteiger partial charge on any atom is 0.573 e. The molecule has 0 saturated heterocycles. The monoisotopic (exact) mass is 317 g/mol. The van der Waals surface area contributed by atoms with Crippen molar-refractivity contribution in [2.24, 2.45) is 10.7 Å². The van der Waals surface area contributed by atoms with Crippen LogP contribution in [0.4, 0.5) is 18.9 Å². The van der Waals surface area contributed by atoms with Crippen LogP contribution in [0.25, 0.3) is 0 Å². The number of nitrogens with zero attached hydrogens (tertiary/aromatic N) is 1. The van der Waals surface area contributed by atoms with Crippen molar-refractivity contribution in [2.75, 3.05) is 19.0 Å². The van der Waals surface area contributed by atoms with Gasteiger partial charge in [-0.3, -0.25) is 4.99 Å². The molecule has 0 heterocycles. The van der Waals surface area contributed by atoms with Gasteiger partial charge in [0.15, 0.2) is 11.7 Å². The molecule has 1 fully saturated rings. The number of guanidine groups is 1. The van der Waals surface area contributed by atoms with E-state index in [2.05, 4.69) is 15.0 Å². The van der Waals surface area contributed by atoms with E-state index in [4.69, 9.17) is 10.5 Å². The van der Waals surface area contributed by atoms with Crippen LogP contribution in [0, 0.1) is 0 Å². The summed E-state index contributed by atoms with van der Waals surface area (Å²) in [6.07, 6.45) is -1.91. The number of halogens is 3. The standard InChI is InChI=1S/C14H18F3N3O2/c1-21-13(7-4-8-13)9-19-12(18)20-10-5-2-3-6-11(10)22-14(15,16)17/h2-3,5-6H,4,7-9H2,1H3,(H3,18,19,20). The topological polar surface area (TPSA) is 68.9 Å². The predicted molar refractivity (Wildman–Crippen MR) is 76.8 cm³/mol. The Bertz CT molecular complexity index is 537. The lowest BCUT2D eigenvalue weighted by Gasteiger charge is -2.39. The van der Waals surface area contributed by atoms with Crippen LogP contribution < -0.4 is 15.8 Å². The second-order valence-corrected chi connectivity index (χ2v) is 5.11. The van der Waals surface area contributed by atoms with Gasteiger partial charge in [-0.15, -0.1) is 13.2 Å². The molecular formula is C14H18F3N3O2. The fourth-order valence-corrected chi connectivity index (χ4v) is 2.19. The molecule has 0 aromatic heterocycles. The summed E-state index contributed by atoms with van der Waals surface area (Å²) in [5.41, 5.74) is 5.53. The number of hydrogen-bond donors (Lipinski definition) is 2. The zero-order valence-corrected chi connectivity index (χ0v) is 12.1. The van der Waals surface area contributed by atoms with Gasteiger partial charge in [0, 0.05) is 7.11 Å². The smallest absolute Gasteiger partial charge is 0.404 e. The first-order valence-electron chi connectivity index (χ1n) is 6.80. The molecule has 22 heavy (non-hydrogen) atoms. The summed E-state index contributed by atoms with van der Waals surface area (Å²) in [7, 11) is 1.62. The molecule has 1 aromatic rings. The fourth-order valence-electron chi connectivity index (χ4n) is 2.19. The summed E-state index contributed by atoms with van der Waals surface area (Å²) < 4.78 is 46.3. The Morgan fingerprint density at radius 3 is 2.59 bits per heavy atom. The number of methoxy groups -OCH3 is 1. The van der Waals surface area contributed by atoms with Gasteiger partial charge in [-0.05, 0) is 31.4 Å². The van der Waals surface area contributed by atoms with Gasteiger partial charge in [0.05, 0.1) is 17.8 Å². The number of para-hydroxylation sites is 2. The van der Waals surface area contributed by atoms with Crippen LogP contribution in [0.15, 0.2) is 29.3 Å². The van der Waals surface area contributed by atoms with E-state index in [1.807, 2.05) is 0 Å². The lowest BCUT2D eigenvalue weighted by atomic mass is 9.80. The van der Waals surface area contributed by atoms with E-state index in [9.17, 15) is 13.2 Å². The van der Waals surface area contributed by atoms with Crippen LogP contribution in [0.5, 0.6) is 5.75 Å². The third kappa shape index (κ3) is 4.27. The maximum atomic E-state index is 12.3. The molecule has 1 aliphatic carbocycles. The van der Waals surface area contributed by atoms with Gasteiger partial charge in [0.25, 0.3) is 0 Å². The van der Waals surface area contributed by atoms with Crippen molar-refractivity contribution < 1.29 is 22.6 Å². The molecule has 1 aromatic carbocycles. The number of aliphatic imine (C=N–C) groups is 1. The van der Waals surface area contributed by atoms with Crippen molar-refractivity contribution in [3.63, 3.8) is 0 Å². The highest BCUT2D eigenvalue weighted by molar-refractivity contribution is 5.93. The molecule has 1 saturated carbocycles. The fraction of sp³-hybridized carbons (Fsp3) is 0.500. The number of hydrogen-bond acceptors (Lipinski definition) is 3. The third-order valence-electron chi connectivity index (χ3n) is 3.61. The average molecular weight is 317 g/mol. The van der Waals surface area contributed by atoms with Crippen LogP contribution in [0.2, 0.25) is 0 Å². The number of alkyl halides is 3. The van der Waals surface area contributed by atoms with Crippen molar-refractivity contribution in [1.29, 1.82) is 0 Å². The minimum absolute atomic E-state index is 0.0153. The molecule has 0 atom stereocenters. The maximum absolute atomic E-state index is 12.3. The summed E-state index contributed by atoms with van der Waals surface area (Å²) >= 11 is 0. The van der Waals surface area contributed by atoms with E-state index in [-0.39, 0.29) is 23.0 Å². The van der Waals surface area contributed by atoms with Gasteiger partial charge in [-0.2, -0.15) is 0 Å². The molecular weight excluding hydrogens is 299 g/mol. The molecule has 5 nitrogen and oxygen atoms in total. The first kappa shape index (κ1) is 16.4. The lowest BCUT2D eigenvalue weighted by Crippen LogP contribution is -2.43. The molecule has 0 aliphatic heterocycles. The molecule has 0 amide bonds. The molecule has 122 valence electrons. The van der Waals surface area contributed by atoms with E-state index >= 15 is 0 Å². The Kier molecular flexibility index (Phi) is 4.80. The minimum atomic E-state index is -4.77. The second-order valence-electron chi connectivity index (χ2n) is 5.11. The van der Waals surface area contributed by atoms with E-state index in [1.165, 1.54) is 18.2 Å². The number of benzene rings is 1. The van der Waals surface area contributed by atoms with Crippen LogP contribution >= 0.6 is 0 Å². The predicted octanol–water partition coefficient (Wildman–Crippen LogP) is 2.88. The molecule has 0 radical (unpaired) electrons. The summed E-state index contributed by atoms with van der Waals surface area (Å²) in [5, 5.41) is 2.63. The highest BCUT2D eigenvalue weighted by atomic mass is 19.4. The summed E-state index contributed by atoms with van der Waals surface area (Å²) in [5.74, 6) is -0.347. The number of ether oxygens (including phenoxy) is 2. The van der Waals surface area contributed by atoms with E-state index in [0.29, 0.717) is 6.54 Å². The van der Waals surface area contributed by atoms with Crippen molar-refractivity contribution in [1.82, 2.24) is 0 Å². The van der Waals surface area contributed by atoms with Crippen LogP contribution in [-0.2, 0) is 4.74 Å². The first-order valence-corrected chi connectivity index (χ1v) is 6.80. The van der Waals surface area contributed by atoms with Gasteiger partial charge >= 0.3 is 6.36 Å². The van der Waals surface area contributed by atoms with E-state index in [0.717, 1.165) is 19.3 Å². The van der Waals surface area contributed by atoms with Crippen LogP contribution in [0.1, 0.15) is 19.3 Å². The Morgan fingerprint density at radius 1 is 1.36 bits per heavy atom. The zero-order chi connectivity index (χ0) is 16.2. The summed E-state index contributed by atoms with van der Waals surface area (Å²) in [6, 6.07) is 5.64. The molecule has 0 spiro atoms. The van der Waals surface area contributed by atoms with Crippen LogP contribution in [-0.4, -0.2) is 31.6 Å². The Morgan fingerprint density at radius 2 is 2.05 bits per heavy atom. The largest absolute Gasteiger partial charge is 0.573 e. The van der Waals surface area contributed by atoms with Gasteiger partial charge < -0.3 is 20.5 Å². The number of anilines is 1. The molecule has 3 N–H and O–H groups in total. The zero-order valence-electron chi connectivity index (χ0n) is 12.1. The Labute approximate surface area is 126 Å². The summed E-state index contributed by atoms with van der Waals surface area (Å²) in [6.45, 7) is 0.366. The van der Waals surface area contributed by atoms with E-state index in [1.54, 1.807) is 13.2 Å². The van der Waals surface area contributed by atoms with Gasteiger partial charge in [0.1, 0.15) is 0 Å². The quantitative estimate of drug-likeness (QED) is 0.647. The van der Waals surface area contributed by atoms with Gasteiger partial charge in [0.2, 0.25) is 0 Å². The van der Waals surface area contributed by atoms with Gasteiger partial charge in [-0.25, -0.2) is 0 Å². The number of nitrogens with one attached hydrogen (secondary N) is 1. The minimum Gasteiger partial charge on any atom is -0.404 e. The molecule has 8 heteroatoms. The van der Waals surface area contributed by atoms with Gasteiger partial charge in [-0.1, -0.05) is 12.1 Å². The Balaban J connectivity index is 2.03. The molecule has 1 aliphatic rings. The highest BCUT2D eigenvalue weighted by Crippen LogP contribution is 2.35.